The number of anilines is 2. The van der Waals surface area contributed by atoms with Gasteiger partial charge >= 0.3 is 5.69 Å². The van der Waals surface area contributed by atoms with Crippen LogP contribution in [-0.4, -0.2) is 121 Å². The molecule has 5 aromatic rings. The number of benzene rings is 2. The monoisotopic (exact) mass is 1050 g/mol. The Morgan fingerprint density at radius 2 is 1.74 bits per heavy atom. The van der Waals surface area contributed by atoms with Crippen molar-refractivity contribution in [3.05, 3.63) is 99.6 Å². The third-order valence-electron chi connectivity index (χ3n) is 15.4. The summed E-state index contributed by atoms with van der Waals surface area (Å²) in [7, 11) is -8.14. The fourth-order valence-electron chi connectivity index (χ4n) is 11.2. The molecule has 4 N–H and O–H groups in total. The van der Waals surface area contributed by atoms with Crippen LogP contribution in [0.2, 0.25) is 0 Å². The van der Waals surface area contributed by atoms with Crippen molar-refractivity contribution in [3.8, 4) is 17.4 Å². The lowest BCUT2D eigenvalue weighted by Crippen LogP contribution is -2.60. The van der Waals surface area contributed by atoms with Crippen LogP contribution in [0, 0.1) is 27.3 Å². The van der Waals surface area contributed by atoms with Gasteiger partial charge in [-0.25, -0.2) is 30.9 Å². The Morgan fingerprint density at radius 3 is 2.42 bits per heavy atom. The highest BCUT2D eigenvalue weighted by atomic mass is 32.2. The Balaban J connectivity index is 0.941. The summed E-state index contributed by atoms with van der Waals surface area (Å²) in [5.74, 6) is -1.57. The molecule has 0 unspecified atom stereocenters. The van der Waals surface area contributed by atoms with Crippen LogP contribution < -0.4 is 24.4 Å². The molecule has 1 atom stereocenters. The number of aromatic amines is 1. The number of hydrogen-bond acceptors (Lipinski definition) is 15. The number of H-pyrrole nitrogens is 1. The van der Waals surface area contributed by atoms with Gasteiger partial charge in [0.15, 0.2) is 5.75 Å². The lowest BCUT2D eigenvalue weighted by molar-refractivity contribution is -0.384. The van der Waals surface area contributed by atoms with Gasteiger partial charge in [0.25, 0.3) is 21.8 Å². The number of piperidine rings is 1. The van der Waals surface area contributed by atoms with Gasteiger partial charge in [0.05, 0.1) is 40.5 Å². The van der Waals surface area contributed by atoms with Crippen molar-refractivity contribution in [1.82, 2.24) is 28.9 Å². The first-order valence-electron chi connectivity index (χ1n) is 25.0. The fraction of sp³-hybridized carbons (Fsp3) is 0.510. The number of piperazine rings is 1. The van der Waals surface area contributed by atoms with E-state index in [-0.39, 0.29) is 75.7 Å². The molecule has 3 aromatic heterocycles. The van der Waals surface area contributed by atoms with Crippen LogP contribution in [0.5, 0.6) is 17.4 Å². The maximum Gasteiger partial charge on any atom is 0.312 e. The number of nitrogens with zero attached hydrogens (tertiary/aromatic N) is 6. The van der Waals surface area contributed by atoms with E-state index in [1.54, 1.807) is 30.3 Å². The number of carbonyl (C=O) groups excluding carboxylic acids is 1. The van der Waals surface area contributed by atoms with Crippen LogP contribution in [0.1, 0.15) is 113 Å². The van der Waals surface area contributed by atoms with Crippen molar-refractivity contribution in [2.75, 3.05) is 62.3 Å². The zero-order valence-electron chi connectivity index (χ0n) is 41.8. The summed E-state index contributed by atoms with van der Waals surface area (Å²) in [5, 5.41) is 25.6. The van der Waals surface area contributed by atoms with E-state index in [0.717, 1.165) is 44.1 Å². The number of pyridine rings is 2. The maximum atomic E-state index is 14.9. The van der Waals surface area contributed by atoms with Crippen LogP contribution in [0.4, 0.5) is 21.6 Å². The molecule has 5 heterocycles. The minimum Gasteiger partial charge on any atom is -0.475 e. The molecule has 4 fully saturated rings. The van der Waals surface area contributed by atoms with Crippen LogP contribution in [0.15, 0.2) is 71.9 Å². The first-order valence-corrected chi connectivity index (χ1v) is 28.3. The molecule has 2 saturated carbocycles. The number of nitro groups is 1. The molecule has 19 nitrogen and oxygen atoms in total. The Bertz CT molecular complexity index is 3110. The number of halogens is 1. The van der Waals surface area contributed by atoms with E-state index >= 15 is 0 Å². The first-order chi connectivity index (χ1) is 34.6. The Kier molecular flexibility index (Phi) is 14.5. The molecule has 9 rings (SSSR count). The number of amides is 1. The van der Waals surface area contributed by atoms with Crippen LogP contribution in [-0.2, 0) is 20.0 Å². The molecular formula is C51H64FN9O10S2. The summed E-state index contributed by atoms with van der Waals surface area (Å²) < 4.78 is 84.1. The van der Waals surface area contributed by atoms with Gasteiger partial charge in [0.2, 0.25) is 15.8 Å². The molecule has 0 radical (unpaired) electrons. The van der Waals surface area contributed by atoms with E-state index in [1.165, 1.54) is 29.5 Å². The van der Waals surface area contributed by atoms with E-state index in [1.807, 2.05) is 16.9 Å². The molecule has 4 aliphatic rings. The minimum atomic E-state index is -4.76. The number of aliphatic hydroxyl groups is 1. The van der Waals surface area contributed by atoms with E-state index in [0.29, 0.717) is 70.6 Å². The number of hydrogen-bond donors (Lipinski definition) is 4. The van der Waals surface area contributed by atoms with Crippen LogP contribution in [0.25, 0.3) is 11.0 Å². The molecule has 2 saturated heterocycles. The summed E-state index contributed by atoms with van der Waals surface area (Å²) in [4.78, 5) is 41.0. The largest absolute Gasteiger partial charge is 0.475 e. The number of ether oxygens (including phenoxy) is 2. The normalized spacial score (nSPS) is 22.1. The summed E-state index contributed by atoms with van der Waals surface area (Å²) in [5.41, 5.74) is 1.78. The van der Waals surface area contributed by atoms with Gasteiger partial charge in [-0.15, -0.1) is 0 Å². The van der Waals surface area contributed by atoms with E-state index < -0.39 is 52.9 Å². The van der Waals surface area contributed by atoms with Gasteiger partial charge in [-0.1, -0.05) is 38.1 Å². The van der Waals surface area contributed by atoms with E-state index in [2.05, 4.69) is 56.0 Å². The van der Waals surface area contributed by atoms with E-state index in [9.17, 15) is 41.2 Å². The SMILES string of the molecule is CCOc1nc2[nH]cc(F)c2cc1Oc1cc(N2CCC3(CC2)CC(N2CCN(S(C)(=O)=O)C[C@H]2c2ccccc2C(C)C)C3)ccc1C(=O)NS(=O)(=O)c1cnc(NCC2CCC(C)(O)CC2)c([N+](=O)[O-])c1. The molecule has 1 spiro atoms. The minimum absolute atomic E-state index is 0.00390. The first kappa shape index (κ1) is 51.9. The van der Waals surface area contributed by atoms with Crippen molar-refractivity contribution in [2.24, 2.45) is 11.3 Å². The highest BCUT2D eigenvalue weighted by Gasteiger charge is 2.50. The molecule has 2 aliphatic carbocycles. The number of carbonyl (C=O) groups is 1. The molecule has 73 heavy (non-hydrogen) atoms. The van der Waals surface area contributed by atoms with Gasteiger partial charge in [-0.05, 0) is 106 Å². The van der Waals surface area contributed by atoms with E-state index in [4.69, 9.17) is 9.47 Å². The standard InChI is InChI=1S/C51H64FN9O10S2/c1-6-70-49-45(25-40-41(52)30-55-46(40)56-49)71-44-23-34(11-12-39(44)48(62)57-73(68,69)36-24-42(61(64)65)47(54-29-36)53-28-33-13-15-50(4,63)16-14-33)58-19-17-51(18-20-58)26-35(27-51)60-22-21-59(72(5,66)67)31-43(60)38-10-8-7-9-37(38)32(2)3/h7-12,23-25,29-30,32-33,35,43,63H,6,13-22,26-28,31H2,1-5H3,(H,53,54)(H,55,56)(H,57,62)/t33?,43-,50?/m0/s1. The zero-order valence-corrected chi connectivity index (χ0v) is 43.4. The predicted octanol–water partition coefficient (Wildman–Crippen LogP) is 7.86. The van der Waals surface area contributed by atoms with Crippen molar-refractivity contribution in [3.63, 3.8) is 0 Å². The number of sulfonamides is 2. The second-order valence-electron chi connectivity index (χ2n) is 20.8. The number of rotatable bonds is 16. The Labute approximate surface area is 425 Å². The third kappa shape index (κ3) is 11.1. The number of aromatic nitrogens is 3. The predicted molar refractivity (Wildman–Crippen MR) is 274 cm³/mol. The lowest BCUT2D eigenvalue weighted by Gasteiger charge is -2.58. The van der Waals surface area contributed by atoms with Crippen LogP contribution in [0.3, 0.4) is 0 Å². The lowest BCUT2D eigenvalue weighted by atomic mass is 9.59. The highest BCUT2D eigenvalue weighted by Crippen LogP contribution is 2.53. The summed E-state index contributed by atoms with van der Waals surface area (Å²) in [6.45, 7) is 11.1. The van der Waals surface area contributed by atoms with Crippen LogP contribution >= 0.6 is 0 Å². The summed E-state index contributed by atoms with van der Waals surface area (Å²) in [6.07, 6.45) is 9.61. The van der Waals surface area contributed by atoms with Crippen molar-refractivity contribution < 1.29 is 45.5 Å². The second-order valence-corrected chi connectivity index (χ2v) is 24.5. The van der Waals surface area contributed by atoms with Crippen molar-refractivity contribution >= 4 is 54.2 Å². The molecule has 1 amide bonds. The number of fused-ring (bicyclic) bond motifs is 1. The average molecular weight is 1050 g/mol. The molecule has 2 aliphatic heterocycles. The molecule has 0 bridgehead atoms. The van der Waals surface area contributed by atoms with Gasteiger partial charge in [0, 0.05) is 81.4 Å². The van der Waals surface area contributed by atoms with Gasteiger partial charge in [-0.3, -0.25) is 19.8 Å². The molecular weight excluding hydrogens is 982 g/mol. The Morgan fingerprint density at radius 1 is 1.01 bits per heavy atom. The van der Waals surface area contributed by atoms with Gasteiger partial charge in [0.1, 0.15) is 22.1 Å². The smallest absolute Gasteiger partial charge is 0.312 e. The fourth-order valence-corrected chi connectivity index (χ4v) is 12.9. The maximum absolute atomic E-state index is 14.9. The Hall–Kier alpha value is -5.94. The van der Waals surface area contributed by atoms with Gasteiger partial charge in [-0.2, -0.15) is 9.29 Å². The highest BCUT2D eigenvalue weighted by molar-refractivity contribution is 7.90. The quantitative estimate of drug-likeness (QED) is 0.0543. The number of nitrogens with one attached hydrogen (secondary N) is 3. The second kappa shape index (κ2) is 20.4. The summed E-state index contributed by atoms with van der Waals surface area (Å²) >= 11 is 0. The molecule has 22 heteroatoms. The van der Waals surface area contributed by atoms with Gasteiger partial charge < -0.3 is 29.8 Å². The third-order valence-corrected chi connectivity index (χ3v) is 18.0. The van der Waals surface area contributed by atoms with Crippen molar-refractivity contribution in [1.29, 1.82) is 0 Å². The zero-order chi connectivity index (χ0) is 52.0. The average Bonchev–Trinajstić information content (AvgIpc) is 3.70. The molecule has 392 valence electrons. The molecule has 2 aromatic carbocycles. The topological polar surface area (TPSA) is 243 Å². The summed E-state index contributed by atoms with van der Waals surface area (Å²) in [6, 6.07) is 15.5. The van der Waals surface area contributed by atoms with Crippen molar-refractivity contribution in [2.45, 2.75) is 108 Å².